The van der Waals surface area contributed by atoms with Gasteiger partial charge in [0.15, 0.2) is 0 Å². The molecular weight excluding hydrogens is 268 g/mol. The van der Waals surface area contributed by atoms with Crippen molar-refractivity contribution in [2.75, 3.05) is 5.73 Å². The van der Waals surface area contributed by atoms with E-state index in [4.69, 9.17) is 5.73 Å². The largest absolute Gasteiger partial charge is 0.397 e. The molecule has 20 heavy (non-hydrogen) atoms. The van der Waals surface area contributed by atoms with Crippen LogP contribution in [0.1, 0.15) is 26.5 Å². The summed E-state index contributed by atoms with van der Waals surface area (Å²) in [6.07, 6.45) is 0. The van der Waals surface area contributed by atoms with E-state index in [9.17, 15) is 4.79 Å². The lowest BCUT2D eigenvalue weighted by Crippen LogP contribution is -2.01. The summed E-state index contributed by atoms with van der Waals surface area (Å²) in [4.78, 5) is 18.4. The van der Waals surface area contributed by atoms with E-state index in [0.717, 1.165) is 21.5 Å². The van der Waals surface area contributed by atoms with Crippen molar-refractivity contribution in [2.24, 2.45) is 0 Å². The van der Waals surface area contributed by atoms with E-state index in [1.165, 1.54) is 11.3 Å². The van der Waals surface area contributed by atoms with Crippen LogP contribution in [-0.4, -0.2) is 10.8 Å². The zero-order valence-corrected chi connectivity index (χ0v) is 12.1. The first-order valence-electron chi connectivity index (χ1n) is 6.34. The number of fused-ring (bicyclic) bond motifs is 1. The number of aromatic nitrogens is 1. The second-order valence-electron chi connectivity index (χ2n) is 4.78. The second-order valence-corrected chi connectivity index (χ2v) is 5.78. The third kappa shape index (κ3) is 1.98. The molecule has 3 aromatic rings. The third-order valence-electron chi connectivity index (χ3n) is 3.41. The molecule has 2 aromatic heterocycles. The number of nitrogen functional groups attached to an aromatic ring is 1. The first-order valence-corrected chi connectivity index (χ1v) is 7.15. The number of benzene rings is 1. The van der Waals surface area contributed by atoms with Crippen molar-refractivity contribution >= 4 is 33.0 Å². The summed E-state index contributed by atoms with van der Waals surface area (Å²) >= 11 is 1.36. The smallest absolute Gasteiger partial charge is 0.205 e. The average molecular weight is 282 g/mol. The molecule has 0 spiro atoms. The highest BCUT2D eigenvalue weighted by atomic mass is 32.1. The maximum atomic E-state index is 12.5. The molecule has 100 valence electrons. The highest BCUT2D eigenvalue weighted by Crippen LogP contribution is 2.34. The van der Waals surface area contributed by atoms with Crippen molar-refractivity contribution in [3.8, 4) is 0 Å². The van der Waals surface area contributed by atoms with Gasteiger partial charge in [0.25, 0.3) is 0 Å². The minimum absolute atomic E-state index is 0.0404. The van der Waals surface area contributed by atoms with Gasteiger partial charge in [-0.1, -0.05) is 30.3 Å². The van der Waals surface area contributed by atoms with Gasteiger partial charge in [-0.3, -0.25) is 4.79 Å². The molecule has 0 amide bonds. The molecule has 3 rings (SSSR count). The zero-order valence-electron chi connectivity index (χ0n) is 11.3. The molecule has 0 unspecified atom stereocenters. The van der Waals surface area contributed by atoms with E-state index in [1.807, 2.05) is 38.1 Å². The molecule has 0 atom stereocenters. The van der Waals surface area contributed by atoms with Gasteiger partial charge in [0, 0.05) is 16.6 Å². The molecule has 0 aliphatic heterocycles. The summed E-state index contributed by atoms with van der Waals surface area (Å²) in [5.74, 6) is -0.0404. The van der Waals surface area contributed by atoms with Crippen LogP contribution in [-0.2, 0) is 0 Å². The lowest BCUT2D eigenvalue weighted by Gasteiger charge is -2.00. The van der Waals surface area contributed by atoms with Crippen LogP contribution in [0.15, 0.2) is 36.4 Å². The summed E-state index contributed by atoms with van der Waals surface area (Å²) < 4.78 is 0. The molecule has 0 fully saturated rings. The summed E-state index contributed by atoms with van der Waals surface area (Å²) in [5, 5.41) is 0.873. The minimum Gasteiger partial charge on any atom is -0.397 e. The quantitative estimate of drug-likeness (QED) is 0.729. The van der Waals surface area contributed by atoms with Crippen LogP contribution in [0, 0.1) is 13.8 Å². The molecule has 0 aliphatic carbocycles. The van der Waals surface area contributed by atoms with Crippen LogP contribution < -0.4 is 5.73 Å². The Kier molecular flexibility index (Phi) is 3.03. The number of nitrogens with two attached hydrogens (primary N) is 1. The summed E-state index contributed by atoms with van der Waals surface area (Å²) in [6.45, 7) is 3.96. The number of thiophene rings is 1. The number of pyridine rings is 1. The molecule has 0 radical (unpaired) electrons. The van der Waals surface area contributed by atoms with Crippen LogP contribution in [0.5, 0.6) is 0 Å². The van der Waals surface area contributed by atoms with Crippen molar-refractivity contribution in [2.45, 2.75) is 13.8 Å². The minimum atomic E-state index is -0.0404. The standard InChI is InChI=1S/C16H14N2OS/c1-9-8-12-13(17)15(20-16(12)18-10(9)2)14(19)11-6-4-3-5-7-11/h3-8H,17H2,1-2H3. The van der Waals surface area contributed by atoms with E-state index >= 15 is 0 Å². The highest BCUT2D eigenvalue weighted by molar-refractivity contribution is 7.21. The molecule has 0 aliphatic rings. The molecule has 0 bridgehead atoms. The fourth-order valence-corrected chi connectivity index (χ4v) is 3.20. The van der Waals surface area contributed by atoms with Crippen LogP contribution >= 0.6 is 11.3 Å². The molecule has 1 aromatic carbocycles. The van der Waals surface area contributed by atoms with Crippen molar-refractivity contribution < 1.29 is 4.79 Å². The number of hydrogen-bond donors (Lipinski definition) is 1. The number of carbonyl (C=O) groups excluding carboxylic acids is 1. The Hall–Kier alpha value is -2.20. The van der Waals surface area contributed by atoms with Gasteiger partial charge in [-0.2, -0.15) is 0 Å². The van der Waals surface area contributed by atoms with Gasteiger partial charge in [-0.15, -0.1) is 11.3 Å². The van der Waals surface area contributed by atoms with Crippen molar-refractivity contribution in [3.63, 3.8) is 0 Å². The number of carbonyl (C=O) groups is 1. The van der Waals surface area contributed by atoms with Gasteiger partial charge in [-0.05, 0) is 25.5 Å². The average Bonchev–Trinajstić information content (AvgIpc) is 2.77. The fraction of sp³-hybridized carbons (Fsp3) is 0.125. The van der Waals surface area contributed by atoms with Gasteiger partial charge in [0.2, 0.25) is 5.78 Å². The predicted octanol–water partition coefficient (Wildman–Crippen LogP) is 3.73. The number of ketones is 1. The fourth-order valence-electron chi connectivity index (χ4n) is 2.12. The normalized spacial score (nSPS) is 10.9. The monoisotopic (exact) mass is 282 g/mol. The Balaban J connectivity index is 2.18. The number of hydrogen-bond acceptors (Lipinski definition) is 4. The molecule has 3 nitrogen and oxygen atoms in total. The number of anilines is 1. The predicted molar refractivity (Wildman–Crippen MR) is 83.4 cm³/mol. The van der Waals surface area contributed by atoms with E-state index in [1.54, 1.807) is 12.1 Å². The topological polar surface area (TPSA) is 56.0 Å². The molecule has 2 heterocycles. The third-order valence-corrected chi connectivity index (χ3v) is 4.52. The first kappa shape index (κ1) is 12.8. The maximum Gasteiger partial charge on any atom is 0.205 e. The molecular formula is C16H14N2OS. The number of rotatable bonds is 2. The van der Waals surface area contributed by atoms with Crippen LogP contribution in [0.3, 0.4) is 0 Å². The summed E-state index contributed by atoms with van der Waals surface area (Å²) in [6, 6.07) is 11.2. The van der Waals surface area contributed by atoms with E-state index in [-0.39, 0.29) is 5.78 Å². The molecule has 0 saturated heterocycles. The Labute approximate surface area is 121 Å². The number of nitrogens with zero attached hydrogens (tertiary/aromatic N) is 1. The van der Waals surface area contributed by atoms with Crippen molar-refractivity contribution in [3.05, 3.63) is 58.1 Å². The Morgan fingerprint density at radius 3 is 2.60 bits per heavy atom. The van der Waals surface area contributed by atoms with Gasteiger partial charge in [0.1, 0.15) is 9.71 Å². The lowest BCUT2D eigenvalue weighted by atomic mass is 10.1. The van der Waals surface area contributed by atoms with Gasteiger partial charge < -0.3 is 5.73 Å². The van der Waals surface area contributed by atoms with Gasteiger partial charge in [0.05, 0.1) is 5.69 Å². The van der Waals surface area contributed by atoms with Crippen molar-refractivity contribution in [1.82, 2.24) is 4.98 Å². The van der Waals surface area contributed by atoms with Gasteiger partial charge in [-0.25, -0.2) is 4.98 Å². The highest BCUT2D eigenvalue weighted by Gasteiger charge is 2.19. The zero-order chi connectivity index (χ0) is 14.3. The Bertz CT molecular complexity index is 806. The van der Waals surface area contributed by atoms with E-state index < -0.39 is 0 Å². The first-order chi connectivity index (χ1) is 9.58. The molecule has 2 N–H and O–H groups in total. The number of aryl methyl sites for hydroxylation is 2. The second kappa shape index (κ2) is 4.72. The Morgan fingerprint density at radius 2 is 1.90 bits per heavy atom. The van der Waals surface area contributed by atoms with Crippen molar-refractivity contribution in [1.29, 1.82) is 0 Å². The van der Waals surface area contributed by atoms with E-state index in [2.05, 4.69) is 4.98 Å². The summed E-state index contributed by atoms with van der Waals surface area (Å²) in [7, 11) is 0. The van der Waals surface area contributed by atoms with Gasteiger partial charge >= 0.3 is 0 Å². The molecule has 4 heteroatoms. The molecule has 0 saturated carbocycles. The SMILES string of the molecule is Cc1cc2c(N)c(C(=O)c3ccccc3)sc2nc1C. The van der Waals surface area contributed by atoms with Crippen LogP contribution in [0.4, 0.5) is 5.69 Å². The lowest BCUT2D eigenvalue weighted by molar-refractivity contribution is 0.104. The maximum absolute atomic E-state index is 12.5. The Morgan fingerprint density at radius 1 is 1.20 bits per heavy atom. The summed E-state index contributed by atoms with van der Waals surface area (Å²) in [5.41, 5.74) is 9.39. The van der Waals surface area contributed by atoms with E-state index in [0.29, 0.717) is 16.1 Å². The van der Waals surface area contributed by atoms with Crippen LogP contribution in [0.25, 0.3) is 10.2 Å². The van der Waals surface area contributed by atoms with Crippen LogP contribution in [0.2, 0.25) is 0 Å².